The second-order valence-corrected chi connectivity index (χ2v) is 9.28. The number of carbonyl (C=O) groups excluding carboxylic acids is 1. The Hall–Kier alpha value is -3.82. The van der Waals surface area contributed by atoms with Crippen molar-refractivity contribution in [3.63, 3.8) is 0 Å². The van der Waals surface area contributed by atoms with E-state index in [1.807, 2.05) is 11.0 Å². The minimum absolute atomic E-state index is 0.0147. The van der Waals surface area contributed by atoms with Gasteiger partial charge in [0.05, 0.1) is 24.7 Å². The van der Waals surface area contributed by atoms with Crippen molar-refractivity contribution in [2.75, 3.05) is 32.8 Å². The van der Waals surface area contributed by atoms with Crippen molar-refractivity contribution in [1.29, 1.82) is 5.26 Å². The molecule has 2 aliphatic heterocycles. The average molecular weight is 492 g/mol. The summed E-state index contributed by atoms with van der Waals surface area (Å²) in [6.07, 6.45) is 4.14. The summed E-state index contributed by atoms with van der Waals surface area (Å²) in [5, 5.41) is 20.2. The number of tetrazole rings is 1. The first-order valence-electron chi connectivity index (χ1n) is 11.8. The van der Waals surface area contributed by atoms with Gasteiger partial charge in [0.25, 0.3) is 0 Å². The monoisotopic (exact) mass is 492 g/mol. The highest BCUT2D eigenvalue weighted by atomic mass is 19.1. The second-order valence-electron chi connectivity index (χ2n) is 9.28. The molecule has 36 heavy (non-hydrogen) atoms. The smallest absolute Gasteiger partial charge is 0.230 e. The predicted molar refractivity (Wildman–Crippen MR) is 120 cm³/mol. The lowest BCUT2D eigenvalue weighted by Gasteiger charge is -2.46. The van der Waals surface area contributed by atoms with Gasteiger partial charge in [0.2, 0.25) is 5.91 Å². The lowest BCUT2D eigenvalue weighted by molar-refractivity contribution is -0.141. The van der Waals surface area contributed by atoms with Gasteiger partial charge in [-0.15, -0.1) is 5.10 Å². The Kier molecular flexibility index (Phi) is 5.66. The van der Waals surface area contributed by atoms with Gasteiger partial charge in [0.1, 0.15) is 29.6 Å². The van der Waals surface area contributed by atoms with Crippen molar-refractivity contribution < 1.29 is 18.3 Å². The van der Waals surface area contributed by atoms with Crippen molar-refractivity contribution in [1.82, 2.24) is 35.0 Å². The number of halogens is 2. The SMILES string of the molecule is N#Cc1c(F)ccc([C@H]2CN3CCN(C(=O)C4CCc5cc(-n6cnnn6)ncc54)C[C@H]3CO2)c1F. The van der Waals surface area contributed by atoms with Crippen molar-refractivity contribution in [3.05, 3.63) is 64.6 Å². The van der Waals surface area contributed by atoms with Gasteiger partial charge in [-0.3, -0.25) is 9.69 Å². The highest BCUT2D eigenvalue weighted by molar-refractivity contribution is 5.85. The zero-order chi connectivity index (χ0) is 24.8. The van der Waals surface area contributed by atoms with Crippen LogP contribution >= 0.6 is 0 Å². The third-order valence-corrected chi connectivity index (χ3v) is 7.36. The average Bonchev–Trinajstić information content (AvgIpc) is 3.58. The number of piperazine rings is 1. The normalized spacial score (nSPS) is 23.7. The lowest BCUT2D eigenvalue weighted by Crippen LogP contribution is -2.60. The van der Waals surface area contributed by atoms with E-state index in [0.717, 1.165) is 30.0 Å². The molecule has 1 aliphatic carbocycles. The molecule has 0 bridgehead atoms. The molecule has 2 saturated heterocycles. The van der Waals surface area contributed by atoms with Crippen LogP contribution in [0.1, 0.15) is 40.7 Å². The summed E-state index contributed by atoms with van der Waals surface area (Å²) in [7, 11) is 0. The fraction of sp³-hybridized carbons (Fsp3) is 0.417. The molecule has 3 atom stereocenters. The van der Waals surface area contributed by atoms with Crippen molar-refractivity contribution in [2.45, 2.75) is 30.9 Å². The Morgan fingerprint density at radius 3 is 2.89 bits per heavy atom. The number of benzene rings is 1. The largest absolute Gasteiger partial charge is 0.370 e. The zero-order valence-electron chi connectivity index (χ0n) is 19.2. The fourth-order valence-electron chi connectivity index (χ4n) is 5.44. The van der Waals surface area contributed by atoms with Crippen molar-refractivity contribution >= 4 is 5.91 Å². The van der Waals surface area contributed by atoms with Crippen LogP contribution in [0.5, 0.6) is 0 Å². The first-order valence-corrected chi connectivity index (χ1v) is 11.8. The molecule has 1 amide bonds. The summed E-state index contributed by atoms with van der Waals surface area (Å²) in [5.41, 5.74) is 1.61. The van der Waals surface area contributed by atoms with E-state index in [1.165, 1.54) is 17.1 Å². The maximum atomic E-state index is 14.7. The molecule has 0 spiro atoms. The van der Waals surface area contributed by atoms with Gasteiger partial charge in [-0.05, 0) is 46.5 Å². The Balaban J connectivity index is 1.12. The number of aromatic nitrogens is 5. The molecule has 0 N–H and O–H groups in total. The minimum Gasteiger partial charge on any atom is -0.370 e. The van der Waals surface area contributed by atoms with E-state index in [9.17, 15) is 13.6 Å². The number of morpholine rings is 1. The number of aryl methyl sites for hydroxylation is 1. The molecule has 2 fully saturated rings. The van der Waals surface area contributed by atoms with Gasteiger partial charge in [-0.2, -0.15) is 9.94 Å². The summed E-state index contributed by atoms with van der Waals surface area (Å²) in [5.74, 6) is -1.29. The van der Waals surface area contributed by atoms with Crippen LogP contribution in [0.2, 0.25) is 0 Å². The molecule has 12 heteroatoms. The molecule has 0 radical (unpaired) electrons. The number of ether oxygens (including phenoxy) is 1. The van der Waals surface area contributed by atoms with E-state index in [2.05, 4.69) is 25.4 Å². The van der Waals surface area contributed by atoms with Gasteiger partial charge in [0, 0.05) is 37.9 Å². The van der Waals surface area contributed by atoms with Gasteiger partial charge in [-0.25, -0.2) is 13.8 Å². The van der Waals surface area contributed by atoms with E-state index in [1.54, 1.807) is 12.3 Å². The summed E-state index contributed by atoms with van der Waals surface area (Å²) in [6, 6.07) is 5.94. The van der Waals surface area contributed by atoms with Crippen LogP contribution in [0.4, 0.5) is 8.78 Å². The maximum Gasteiger partial charge on any atom is 0.230 e. The molecule has 3 aromatic rings. The van der Waals surface area contributed by atoms with Crippen LogP contribution in [0, 0.1) is 23.0 Å². The van der Waals surface area contributed by atoms with Crippen LogP contribution in [0.3, 0.4) is 0 Å². The van der Waals surface area contributed by atoms with Gasteiger partial charge in [-0.1, -0.05) is 6.07 Å². The molecular weight excluding hydrogens is 470 g/mol. The quantitative estimate of drug-likeness (QED) is 0.541. The third kappa shape index (κ3) is 3.81. The molecule has 184 valence electrons. The van der Waals surface area contributed by atoms with Crippen LogP contribution in [-0.4, -0.2) is 79.7 Å². The Bertz CT molecular complexity index is 1360. The number of pyridine rings is 1. The predicted octanol–water partition coefficient (Wildman–Crippen LogP) is 1.52. The highest BCUT2D eigenvalue weighted by Crippen LogP contribution is 2.36. The third-order valence-electron chi connectivity index (χ3n) is 7.36. The number of carbonyl (C=O) groups is 1. The molecule has 4 heterocycles. The topological polar surface area (TPSA) is 113 Å². The molecule has 0 saturated carbocycles. The Morgan fingerprint density at radius 1 is 1.19 bits per heavy atom. The van der Waals surface area contributed by atoms with Crippen LogP contribution in [0.25, 0.3) is 5.82 Å². The number of nitrogens with zero attached hydrogens (tertiary/aromatic N) is 8. The molecule has 3 aliphatic rings. The fourth-order valence-corrected chi connectivity index (χ4v) is 5.44. The van der Waals surface area contributed by atoms with Gasteiger partial charge >= 0.3 is 0 Å². The maximum absolute atomic E-state index is 14.7. The number of fused-ring (bicyclic) bond motifs is 2. The van der Waals surface area contributed by atoms with Crippen LogP contribution < -0.4 is 0 Å². The zero-order valence-corrected chi connectivity index (χ0v) is 19.2. The molecular formula is C24H22F2N8O2. The van der Waals surface area contributed by atoms with Crippen LogP contribution in [-0.2, 0) is 16.0 Å². The number of hydrogen-bond donors (Lipinski definition) is 0. The molecule has 1 unspecified atom stereocenters. The Morgan fingerprint density at radius 2 is 2.08 bits per heavy atom. The summed E-state index contributed by atoms with van der Waals surface area (Å²) < 4.78 is 35.8. The number of hydrogen-bond acceptors (Lipinski definition) is 8. The van der Waals surface area contributed by atoms with Gasteiger partial charge < -0.3 is 9.64 Å². The Labute approximate surface area is 205 Å². The molecule has 1 aromatic carbocycles. The number of nitriles is 1. The number of rotatable bonds is 3. The molecule has 2 aromatic heterocycles. The summed E-state index contributed by atoms with van der Waals surface area (Å²) >= 11 is 0. The first kappa shape index (κ1) is 22.6. The van der Waals surface area contributed by atoms with Crippen molar-refractivity contribution in [3.8, 4) is 11.9 Å². The summed E-state index contributed by atoms with van der Waals surface area (Å²) in [6.45, 7) is 2.42. The van der Waals surface area contributed by atoms with Crippen LogP contribution in [0.15, 0.2) is 30.7 Å². The van der Waals surface area contributed by atoms with Gasteiger partial charge in [0.15, 0.2) is 5.82 Å². The van der Waals surface area contributed by atoms with E-state index in [-0.39, 0.29) is 23.4 Å². The first-order chi connectivity index (χ1) is 17.5. The van der Waals surface area contributed by atoms with E-state index < -0.39 is 23.3 Å². The van der Waals surface area contributed by atoms with E-state index >= 15 is 0 Å². The second kappa shape index (κ2) is 9.00. The summed E-state index contributed by atoms with van der Waals surface area (Å²) in [4.78, 5) is 22.0. The van der Waals surface area contributed by atoms with E-state index in [0.29, 0.717) is 38.6 Å². The number of amides is 1. The minimum atomic E-state index is -0.880. The lowest BCUT2D eigenvalue weighted by atomic mass is 9.98. The van der Waals surface area contributed by atoms with E-state index in [4.69, 9.17) is 10.00 Å². The molecule has 10 nitrogen and oxygen atoms in total. The standard InChI is InChI=1S/C24H22F2N8O2/c25-20-4-3-17(23(26)18(20)8-27)21-11-32-5-6-33(10-15(32)12-36-21)24(35)16-2-1-14-7-22(28-9-19(14)16)34-13-29-30-31-34/h3-4,7,9,13,15-16,21H,1-2,5-6,10-12H2/t15-,16?,21+/m0/s1. The highest BCUT2D eigenvalue weighted by Gasteiger charge is 2.39. The molecule has 6 rings (SSSR count). The van der Waals surface area contributed by atoms with Crippen molar-refractivity contribution in [2.24, 2.45) is 0 Å².